The minimum Gasteiger partial charge on any atom is -0.300 e. The maximum absolute atomic E-state index is 4.22. The van der Waals surface area contributed by atoms with Crippen molar-refractivity contribution in [3.63, 3.8) is 0 Å². The summed E-state index contributed by atoms with van der Waals surface area (Å²) >= 11 is 4.22. The van der Waals surface area contributed by atoms with E-state index < -0.39 is 0 Å². The first-order chi connectivity index (χ1) is 4.26. The largest absolute Gasteiger partial charge is 0.300 e. The molecule has 0 fully saturated rings. The van der Waals surface area contributed by atoms with Crippen LogP contribution in [0.5, 0.6) is 0 Å². The summed E-state index contributed by atoms with van der Waals surface area (Å²) in [5.41, 5.74) is 0. The summed E-state index contributed by atoms with van der Waals surface area (Å²) in [5.74, 6) is 0.960. The Labute approximate surface area is 76.0 Å². The van der Waals surface area contributed by atoms with E-state index in [1.807, 2.05) is 0 Å². The second-order valence-corrected chi connectivity index (χ2v) is 2.62. The first-order valence-corrected chi connectivity index (χ1v) is 4.24. The van der Waals surface area contributed by atoms with Crippen LogP contribution in [0.1, 0.15) is 20.8 Å². The molecule has 0 radical (unpaired) electrons. The van der Waals surface area contributed by atoms with Crippen LogP contribution in [0.2, 0.25) is 0 Å². The fourth-order valence-corrected chi connectivity index (χ4v) is 1.19. The molecule has 1 nitrogen and oxygen atoms in total. The monoisotopic (exact) mass is 183 g/mol. The van der Waals surface area contributed by atoms with Crippen molar-refractivity contribution in [1.29, 1.82) is 0 Å². The quantitative estimate of drug-likeness (QED) is 0.654. The third kappa shape index (κ3) is 4.42. The molecule has 0 N–H and O–H groups in total. The van der Waals surface area contributed by atoms with Crippen molar-refractivity contribution in [3.8, 4) is 0 Å². The third-order valence-electron chi connectivity index (χ3n) is 1.70. The van der Waals surface area contributed by atoms with E-state index in [1.54, 1.807) is 0 Å². The SMILES string of the molecule is CCN(CC)C(C)CS.Cl. The van der Waals surface area contributed by atoms with Crippen molar-refractivity contribution >= 4 is 25.0 Å². The Morgan fingerprint density at radius 1 is 1.30 bits per heavy atom. The zero-order valence-corrected chi connectivity index (χ0v) is 8.71. The first-order valence-electron chi connectivity index (χ1n) is 3.61. The maximum Gasteiger partial charge on any atom is 0.0155 e. The Balaban J connectivity index is 0. The van der Waals surface area contributed by atoms with Crippen molar-refractivity contribution in [2.24, 2.45) is 0 Å². The molecule has 10 heavy (non-hydrogen) atoms. The lowest BCUT2D eigenvalue weighted by Crippen LogP contribution is -2.33. The molecule has 1 unspecified atom stereocenters. The van der Waals surface area contributed by atoms with Gasteiger partial charge in [0.15, 0.2) is 0 Å². The maximum atomic E-state index is 4.22. The van der Waals surface area contributed by atoms with Crippen LogP contribution < -0.4 is 0 Å². The molecule has 0 aliphatic carbocycles. The van der Waals surface area contributed by atoms with Crippen LogP contribution >= 0.6 is 25.0 Å². The van der Waals surface area contributed by atoms with Crippen LogP contribution in [0, 0.1) is 0 Å². The van der Waals surface area contributed by atoms with Gasteiger partial charge in [-0.3, -0.25) is 0 Å². The van der Waals surface area contributed by atoms with Gasteiger partial charge in [-0.05, 0) is 20.0 Å². The van der Waals surface area contributed by atoms with E-state index in [0.717, 1.165) is 18.8 Å². The van der Waals surface area contributed by atoms with Gasteiger partial charge >= 0.3 is 0 Å². The number of nitrogens with zero attached hydrogens (tertiary/aromatic N) is 1. The highest BCUT2D eigenvalue weighted by Gasteiger charge is 2.05. The average molecular weight is 184 g/mol. The van der Waals surface area contributed by atoms with Crippen LogP contribution in [0.4, 0.5) is 0 Å². The Morgan fingerprint density at radius 2 is 1.70 bits per heavy atom. The molecule has 0 spiro atoms. The Hall–Kier alpha value is 0.600. The number of rotatable bonds is 4. The molecular weight excluding hydrogens is 166 g/mol. The fourth-order valence-electron chi connectivity index (χ4n) is 0.962. The van der Waals surface area contributed by atoms with Crippen LogP contribution in [0.3, 0.4) is 0 Å². The highest BCUT2D eigenvalue weighted by molar-refractivity contribution is 7.80. The Kier molecular flexibility index (Phi) is 10.2. The van der Waals surface area contributed by atoms with E-state index >= 15 is 0 Å². The number of hydrogen-bond donors (Lipinski definition) is 1. The zero-order chi connectivity index (χ0) is 7.28. The van der Waals surface area contributed by atoms with Crippen molar-refractivity contribution < 1.29 is 0 Å². The summed E-state index contributed by atoms with van der Waals surface area (Å²) in [5, 5.41) is 0. The van der Waals surface area contributed by atoms with E-state index in [0.29, 0.717) is 6.04 Å². The molecule has 1 atom stereocenters. The standard InChI is InChI=1S/C7H17NS.ClH/c1-4-8(5-2)7(3)6-9;/h7,9H,4-6H2,1-3H3;1H. The molecule has 0 aliphatic heterocycles. The van der Waals surface area contributed by atoms with E-state index in [2.05, 4.69) is 38.3 Å². The molecule has 0 aromatic rings. The first kappa shape index (κ1) is 13.2. The van der Waals surface area contributed by atoms with Gasteiger partial charge in [0, 0.05) is 11.8 Å². The van der Waals surface area contributed by atoms with Gasteiger partial charge in [-0.2, -0.15) is 12.6 Å². The highest BCUT2D eigenvalue weighted by Crippen LogP contribution is 1.98. The molecule has 0 saturated heterocycles. The molecule has 0 aromatic heterocycles. The highest BCUT2D eigenvalue weighted by atomic mass is 35.5. The van der Waals surface area contributed by atoms with E-state index in [4.69, 9.17) is 0 Å². The van der Waals surface area contributed by atoms with Crippen LogP contribution in [0.25, 0.3) is 0 Å². The van der Waals surface area contributed by atoms with Gasteiger partial charge in [0.2, 0.25) is 0 Å². The predicted octanol–water partition coefficient (Wildman–Crippen LogP) is 2.07. The fraction of sp³-hybridized carbons (Fsp3) is 1.00. The normalized spacial score (nSPS) is 12.9. The summed E-state index contributed by atoms with van der Waals surface area (Å²) in [6, 6.07) is 0.628. The van der Waals surface area contributed by atoms with Gasteiger partial charge in [-0.25, -0.2) is 0 Å². The predicted molar refractivity (Wildman–Crippen MR) is 53.5 cm³/mol. The van der Waals surface area contributed by atoms with Gasteiger partial charge in [-0.15, -0.1) is 12.4 Å². The molecule has 0 aromatic carbocycles. The molecule has 64 valence electrons. The molecule has 0 saturated carbocycles. The van der Waals surface area contributed by atoms with Crippen molar-refractivity contribution in [2.45, 2.75) is 26.8 Å². The van der Waals surface area contributed by atoms with Crippen molar-refractivity contribution in [2.75, 3.05) is 18.8 Å². The minimum atomic E-state index is 0. The number of halogens is 1. The second kappa shape index (κ2) is 7.70. The lowest BCUT2D eigenvalue weighted by Gasteiger charge is -2.24. The van der Waals surface area contributed by atoms with E-state index in [-0.39, 0.29) is 12.4 Å². The van der Waals surface area contributed by atoms with Gasteiger partial charge in [-0.1, -0.05) is 13.8 Å². The molecule has 3 heteroatoms. The summed E-state index contributed by atoms with van der Waals surface area (Å²) in [7, 11) is 0. The Morgan fingerprint density at radius 3 is 1.80 bits per heavy atom. The Bertz CT molecular complexity index is 66.6. The topological polar surface area (TPSA) is 3.24 Å². The van der Waals surface area contributed by atoms with Gasteiger partial charge in [0.1, 0.15) is 0 Å². The summed E-state index contributed by atoms with van der Waals surface area (Å²) in [4.78, 5) is 2.40. The van der Waals surface area contributed by atoms with Gasteiger partial charge in [0.25, 0.3) is 0 Å². The summed E-state index contributed by atoms with van der Waals surface area (Å²) in [6.45, 7) is 8.85. The molecule has 0 amide bonds. The van der Waals surface area contributed by atoms with Crippen LogP contribution in [0.15, 0.2) is 0 Å². The van der Waals surface area contributed by atoms with Crippen molar-refractivity contribution in [3.05, 3.63) is 0 Å². The summed E-state index contributed by atoms with van der Waals surface area (Å²) < 4.78 is 0. The van der Waals surface area contributed by atoms with Crippen molar-refractivity contribution in [1.82, 2.24) is 4.90 Å². The second-order valence-electron chi connectivity index (χ2n) is 2.25. The molecule has 0 rings (SSSR count). The minimum absolute atomic E-state index is 0. The lowest BCUT2D eigenvalue weighted by molar-refractivity contribution is 0.250. The summed E-state index contributed by atoms with van der Waals surface area (Å²) in [6.07, 6.45) is 0. The molecule has 0 heterocycles. The molecular formula is C7H18ClNS. The molecule has 0 bridgehead atoms. The van der Waals surface area contributed by atoms with E-state index in [1.165, 1.54) is 0 Å². The van der Waals surface area contributed by atoms with Gasteiger partial charge in [0.05, 0.1) is 0 Å². The average Bonchev–Trinajstić information content (AvgIpc) is 1.90. The number of thiol groups is 1. The lowest BCUT2D eigenvalue weighted by atomic mass is 10.3. The number of hydrogen-bond acceptors (Lipinski definition) is 2. The molecule has 0 aliphatic rings. The smallest absolute Gasteiger partial charge is 0.0155 e. The van der Waals surface area contributed by atoms with Crippen LogP contribution in [-0.2, 0) is 0 Å². The third-order valence-corrected chi connectivity index (χ3v) is 2.23. The van der Waals surface area contributed by atoms with E-state index in [9.17, 15) is 0 Å². The van der Waals surface area contributed by atoms with Crippen LogP contribution in [-0.4, -0.2) is 29.8 Å². The van der Waals surface area contributed by atoms with Gasteiger partial charge < -0.3 is 4.90 Å². The zero-order valence-electron chi connectivity index (χ0n) is 7.00.